The minimum absolute atomic E-state index is 0.135. The first kappa shape index (κ1) is 19.7. The zero-order valence-corrected chi connectivity index (χ0v) is 15.5. The standard InChI is InChI=1S/C21H20F4N2O2/c22-15-6-4-13(5-7-15)10-27-11-18-17(19(18)12-27)9-26-20(28)14-2-1-3-16(8-14)29-21(23,24)25/h1-8,17-19H,9-12H2,(H,26,28). The molecule has 8 heteroatoms. The molecule has 1 heterocycles. The van der Waals surface area contributed by atoms with Gasteiger partial charge in [0, 0.05) is 31.7 Å². The van der Waals surface area contributed by atoms with E-state index >= 15 is 0 Å². The Bertz CT molecular complexity index is 873. The first-order valence-electron chi connectivity index (χ1n) is 9.39. The highest BCUT2D eigenvalue weighted by Gasteiger charge is 2.55. The summed E-state index contributed by atoms with van der Waals surface area (Å²) in [4.78, 5) is 14.6. The molecule has 1 amide bonds. The van der Waals surface area contributed by atoms with Crippen LogP contribution in [-0.2, 0) is 6.54 Å². The third-order valence-corrected chi connectivity index (χ3v) is 5.59. The summed E-state index contributed by atoms with van der Waals surface area (Å²) in [5, 5.41) is 2.81. The molecule has 2 aromatic rings. The van der Waals surface area contributed by atoms with Crippen molar-refractivity contribution in [3.05, 3.63) is 65.5 Å². The zero-order chi connectivity index (χ0) is 20.6. The fraction of sp³-hybridized carbons (Fsp3) is 0.381. The summed E-state index contributed by atoms with van der Waals surface area (Å²) in [5.41, 5.74) is 1.20. The lowest BCUT2D eigenvalue weighted by Crippen LogP contribution is -2.30. The number of nitrogens with zero attached hydrogens (tertiary/aromatic N) is 1. The Hall–Kier alpha value is -2.61. The summed E-state index contributed by atoms with van der Waals surface area (Å²) < 4.78 is 53.8. The van der Waals surface area contributed by atoms with Crippen molar-refractivity contribution in [3.63, 3.8) is 0 Å². The van der Waals surface area contributed by atoms with Gasteiger partial charge in [-0.1, -0.05) is 18.2 Å². The Morgan fingerprint density at radius 1 is 1.10 bits per heavy atom. The van der Waals surface area contributed by atoms with E-state index in [1.165, 1.54) is 24.3 Å². The molecule has 1 aliphatic carbocycles. The van der Waals surface area contributed by atoms with Gasteiger partial charge < -0.3 is 10.1 Å². The number of hydrogen-bond acceptors (Lipinski definition) is 3. The molecular formula is C21H20F4N2O2. The molecule has 1 aliphatic heterocycles. The van der Waals surface area contributed by atoms with E-state index in [4.69, 9.17) is 0 Å². The quantitative estimate of drug-likeness (QED) is 0.739. The molecule has 2 fully saturated rings. The van der Waals surface area contributed by atoms with Gasteiger partial charge in [-0.2, -0.15) is 0 Å². The van der Waals surface area contributed by atoms with Crippen molar-refractivity contribution in [3.8, 4) is 5.75 Å². The van der Waals surface area contributed by atoms with Crippen LogP contribution < -0.4 is 10.1 Å². The van der Waals surface area contributed by atoms with E-state index in [-0.39, 0.29) is 11.4 Å². The van der Waals surface area contributed by atoms with Gasteiger partial charge in [0.1, 0.15) is 11.6 Å². The van der Waals surface area contributed by atoms with E-state index in [0.29, 0.717) is 24.3 Å². The Labute approximate surface area is 165 Å². The van der Waals surface area contributed by atoms with E-state index in [2.05, 4.69) is 15.0 Å². The van der Waals surface area contributed by atoms with Gasteiger partial charge >= 0.3 is 6.36 Å². The predicted octanol–water partition coefficient (Wildman–Crippen LogP) is 3.83. The molecule has 1 N–H and O–H groups in total. The molecule has 0 radical (unpaired) electrons. The fourth-order valence-electron chi connectivity index (χ4n) is 4.16. The predicted molar refractivity (Wildman–Crippen MR) is 97.6 cm³/mol. The Balaban J connectivity index is 1.23. The second-order valence-corrected chi connectivity index (χ2v) is 7.60. The van der Waals surface area contributed by atoms with Gasteiger partial charge in [0.05, 0.1) is 0 Å². The highest BCUT2D eigenvalue weighted by molar-refractivity contribution is 5.94. The van der Waals surface area contributed by atoms with Gasteiger partial charge in [0.15, 0.2) is 0 Å². The number of halogens is 4. The molecule has 0 bridgehead atoms. The maximum absolute atomic E-state index is 13.0. The van der Waals surface area contributed by atoms with Crippen LogP contribution in [0.15, 0.2) is 48.5 Å². The topological polar surface area (TPSA) is 41.6 Å². The molecule has 2 unspecified atom stereocenters. The van der Waals surface area contributed by atoms with Gasteiger partial charge in [-0.3, -0.25) is 9.69 Å². The van der Waals surface area contributed by atoms with Crippen molar-refractivity contribution >= 4 is 5.91 Å². The number of carbonyl (C=O) groups excluding carboxylic acids is 1. The number of amides is 1. The highest BCUT2D eigenvalue weighted by Crippen LogP contribution is 2.51. The van der Waals surface area contributed by atoms with Crippen LogP contribution in [0.2, 0.25) is 0 Å². The SMILES string of the molecule is O=C(NCC1C2CN(Cc3ccc(F)cc3)CC12)c1cccc(OC(F)(F)F)c1. The minimum Gasteiger partial charge on any atom is -0.406 e. The van der Waals surface area contributed by atoms with E-state index in [1.54, 1.807) is 12.1 Å². The molecule has 4 nitrogen and oxygen atoms in total. The lowest BCUT2D eigenvalue weighted by Gasteiger charge is -2.19. The fourth-order valence-corrected chi connectivity index (χ4v) is 4.16. The number of ether oxygens (including phenoxy) is 1. The van der Waals surface area contributed by atoms with Crippen LogP contribution in [0.1, 0.15) is 15.9 Å². The zero-order valence-electron chi connectivity index (χ0n) is 15.5. The average Bonchev–Trinajstić information content (AvgIpc) is 3.11. The van der Waals surface area contributed by atoms with Crippen molar-refractivity contribution in [1.29, 1.82) is 0 Å². The molecule has 0 aromatic heterocycles. The third kappa shape index (κ3) is 4.87. The van der Waals surface area contributed by atoms with Crippen LogP contribution >= 0.6 is 0 Å². The third-order valence-electron chi connectivity index (χ3n) is 5.59. The van der Waals surface area contributed by atoms with Crippen molar-refractivity contribution in [2.75, 3.05) is 19.6 Å². The van der Waals surface area contributed by atoms with E-state index in [0.717, 1.165) is 37.3 Å². The molecule has 2 aromatic carbocycles. The minimum atomic E-state index is -4.79. The van der Waals surface area contributed by atoms with E-state index in [1.807, 2.05) is 0 Å². The number of hydrogen-bond donors (Lipinski definition) is 1. The second kappa shape index (κ2) is 7.67. The van der Waals surface area contributed by atoms with E-state index < -0.39 is 18.0 Å². The number of likely N-dealkylation sites (tertiary alicyclic amines) is 1. The smallest absolute Gasteiger partial charge is 0.406 e. The lowest BCUT2D eigenvalue weighted by molar-refractivity contribution is -0.274. The van der Waals surface area contributed by atoms with Gasteiger partial charge in [-0.25, -0.2) is 4.39 Å². The van der Waals surface area contributed by atoms with Gasteiger partial charge in [0.2, 0.25) is 0 Å². The summed E-state index contributed by atoms with van der Waals surface area (Å²) >= 11 is 0. The largest absolute Gasteiger partial charge is 0.573 e. The van der Waals surface area contributed by atoms with E-state index in [9.17, 15) is 22.4 Å². The monoisotopic (exact) mass is 408 g/mol. The number of benzene rings is 2. The summed E-state index contributed by atoms with van der Waals surface area (Å²) in [6.45, 7) is 3.14. The molecule has 4 rings (SSSR count). The summed E-state index contributed by atoms with van der Waals surface area (Å²) in [6, 6.07) is 11.5. The molecular weight excluding hydrogens is 388 g/mol. The number of rotatable bonds is 6. The van der Waals surface area contributed by atoms with Crippen LogP contribution in [0.25, 0.3) is 0 Å². The van der Waals surface area contributed by atoms with Crippen molar-refractivity contribution in [2.45, 2.75) is 12.9 Å². The molecule has 2 aliphatic rings. The normalized spacial score (nSPS) is 23.5. The molecule has 29 heavy (non-hydrogen) atoms. The average molecular weight is 408 g/mol. The lowest BCUT2D eigenvalue weighted by atomic mass is 10.1. The van der Waals surface area contributed by atoms with Crippen LogP contribution in [0, 0.1) is 23.6 Å². The molecule has 1 saturated heterocycles. The van der Waals surface area contributed by atoms with Crippen LogP contribution in [-0.4, -0.2) is 36.8 Å². The summed E-state index contributed by atoms with van der Waals surface area (Å²) in [6.07, 6.45) is -4.79. The summed E-state index contributed by atoms with van der Waals surface area (Å²) in [7, 11) is 0. The first-order chi connectivity index (χ1) is 13.8. The molecule has 1 saturated carbocycles. The van der Waals surface area contributed by atoms with Gasteiger partial charge in [0.25, 0.3) is 5.91 Å². The number of nitrogens with one attached hydrogen (secondary N) is 1. The first-order valence-corrected chi connectivity index (χ1v) is 9.39. The van der Waals surface area contributed by atoms with Crippen molar-refractivity contribution in [2.24, 2.45) is 17.8 Å². The number of alkyl halides is 3. The highest BCUT2D eigenvalue weighted by atomic mass is 19.4. The molecule has 2 atom stereocenters. The van der Waals surface area contributed by atoms with Gasteiger partial charge in [-0.15, -0.1) is 13.2 Å². The van der Waals surface area contributed by atoms with Crippen LogP contribution in [0.4, 0.5) is 17.6 Å². The maximum atomic E-state index is 13.0. The number of carbonyl (C=O) groups is 1. The second-order valence-electron chi connectivity index (χ2n) is 7.60. The Kier molecular flexibility index (Phi) is 5.21. The van der Waals surface area contributed by atoms with Crippen molar-refractivity contribution in [1.82, 2.24) is 10.2 Å². The number of fused-ring (bicyclic) bond motifs is 1. The Morgan fingerprint density at radius 2 is 1.79 bits per heavy atom. The summed E-state index contributed by atoms with van der Waals surface area (Å²) in [5.74, 6) is 0.337. The van der Waals surface area contributed by atoms with Gasteiger partial charge in [-0.05, 0) is 53.6 Å². The van der Waals surface area contributed by atoms with Crippen LogP contribution in [0.5, 0.6) is 5.75 Å². The maximum Gasteiger partial charge on any atom is 0.573 e. The Morgan fingerprint density at radius 3 is 2.45 bits per heavy atom. The van der Waals surface area contributed by atoms with Crippen molar-refractivity contribution < 1.29 is 27.1 Å². The number of piperidine rings is 1. The van der Waals surface area contributed by atoms with Crippen LogP contribution in [0.3, 0.4) is 0 Å². The molecule has 154 valence electrons. The molecule has 0 spiro atoms.